The molecular weight excluding hydrogens is 268 g/mol. The summed E-state index contributed by atoms with van der Waals surface area (Å²) in [6, 6.07) is 4.97. The van der Waals surface area contributed by atoms with Crippen molar-refractivity contribution < 1.29 is 9.21 Å². The summed E-state index contributed by atoms with van der Waals surface area (Å²) in [7, 11) is 3.85. The first-order chi connectivity index (χ1) is 9.88. The van der Waals surface area contributed by atoms with Gasteiger partial charge in [-0.25, -0.2) is 0 Å². The molecule has 0 aliphatic rings. The van der Waals surface area contributed by atoms with Gasteiger partial charge in [0.25, 0.3) is 5.91 Å². The summed E-state index contributed by atoms with van der Waals surface area (Å²) < 4.78 is 5.62. The Balaban J connectivity index is 2.34. The molecule has 0 saturated heterocycles. The van der Waals surface area contributed by atoms with Crippen LogP contribution in [-0.4, -0.2) is 38.0 Å². The van der Waals surface area contributed by atoms with E-state index in [0.717, 1.165) is 17.7 Å². The molecule has 0 aliphatic carbocycles. The summed E-state index contributed by atoms with van der Waals surface area (Å²) in [5.74, 6) is -0.311. The third-order valence-corrected chi connectivity index (χ3v) is 3.23. The quantitative estimate of drug-likeness (QED) is 0.930. The number of carbonyl (C=O) groups is 1. The maximum atomic E-state index is 12.1. The van der Waals surface area contributed by atoms with Crippen molar-refractivity contribution in [1.29, 1.82) is 0 Å². The van der Waals surface area contributed by atoms with Gasteiger partial charge in [-0.3, -0.25) is 9.59 Å². The molecule has 1 N–H and O–H groups in total. The zero-order valence-corrected chi connectivity index (χ0v) is 12.8. The lowest BCUT2D eigenvalue weighted by atomic mass is 10.1. The molecule has 0 fully saturated rings. The van der Waals surface area contributed by atoms with E-state index in [9.17, 15) is 9.59 Å². The van der Waals surface area contributed by atoms with Crippen LogP contribution in [0.4, 0.5) is 0 Å². The lowest BCUT2D eigenvalue weighted by Gasteiger charge is -2.10. The minimum Gasteiger partial charge on any atom is -0.450 e. The van der Waals surface area contributed by atoms with Crippen LogP contribution in [-0.2, 0) is 0 Å². The van der Waals surface area contributed by atoms with Gasteiger partial charge in [0.2, 0.25) is 0 Å². The van der Waals surface area contributed by atoms with E-state index in [2.05, 4.69) is 5.32 Å². The minimum atomic E-state index is -0.365. The summed E-state index contributed by atoms with van der Waals surface area (Å²) in [5, 5.41) is 3.25. The van der Waals surface area contributed by atoms with Gasteiger partial charge >= 0.3 is 0 Å². The summed E-state index contributed by atoms with van der Waals surface area (Å²) in [6.45, 7) is 5.02. The number of rotatable bonds is 4. The molecule has 0 saturated carbocycles. The SMILES string of the molecule is Cc1cc(C)c2oc(C(=O)NCCN(C)C)cc(=O)c2c1. The van der Waals surface area contributed by atoms with Crippen molar-refractivity contribution >= 4 is 16.9 Å². The highest BCUT2D eigenvalue weighted by Crippen LogP contribution is 2.19. The van der Waals surface area contributed by atoms with Crippen LogP contribution in [0.3, 0.4) is 0 Å². The fourth-order valence-electron chi connectivity index (χ4n) is 2.20. The number of carbonyl (C=O) groups excluding carboxylic acids is 1. The van der Waals surface area contributed by atoms with Gasteiger partial charge in [0.15, 0.2) is 11.2 Å². The maximum Gasteiger partial charge on any atom is 0.287 e. The molecule has 1 amide bonds. The Morgan fingerprint density at radius 2 is 1.95 bits per heavy atom. The number of nitrogens with one attached hydrogen (secondary N) is 1. The van der Waals surface area contributed by atoms with Gasteiger partial charge in [-0.1, -0.05) is 6.07 Å². The monoisotopic (exact) mass is 288 g/mol. The summed E-state index contributed by atoms with van der Waals surface area (Å²) >= 11 is 0. The molecule has 1 aromatic heterocycles. The second-order valence-corrected chi connectivity index (χ2v) is 5.49. The van der Waals surface area contributed by atoms with Crippen LogP contribution in [0.2, 0.25) is 0 Å². The molecule has 0 unspecified atom stereocenters. The van der Waals surface area contributed by atoms with Crippen molar-refractivity contribution in [2.45, 2.75) is 13.8 Å². The van der Waals surface area contributed by atoms with E-state index in [1.165, 1.54) is 6.07 Å². The van der Waals surface area contributed by atoms with E-state index in [1.807, 2.05) is 38.9 Å². The van der Waals surface area contributed by atoms with Gasteiger partial charge in [0.1, 0.15) is 5.58 Å². The second kappa shape index (κ2) is 6.10. The fraction of sp³-hybridized carbons (Fsp3) is 0.375. The van der Waals surface area contributed by atoms with Gasteiger partial charge < -0.3 is 14.6 Å². The molecule has 0 atom stereocenters. The second-order valence-electron chi connectivity index (χ2n) is 5.49. The fourth-order valence-corrected chi connectivity index (χ4v) is 2.20. The molecule has 0 spiro atoms. The zero-order valence-electron chi connectivity index (χ0n) is 12.8. The number of hydrogen-bond acceptors (Lipinski definition) is 4. The van der Waals surface area contributed by atoms with Crippen LogP contribution < -0.4 is 10.7 Å². The minimum absolute atomic E-state index is 0.0539. The Morgan fingerprint density at radius 3 is 2.62 bits per heavy atom. The number of likely N-dealkylation sites (N-methyl/N-ethyl adjacent to an activating group) is 1. The zero-order chi connectivity index (χ0) is 15.6. The van der Waals surface area contributed by atoms with Crippen LogP contribution in [0.15, 0.2) is 27.4 Å². The van der Waals surface area contributed by atoms with Gasteiger partial charge in [0, 0.05) is 19.2 Å². The maximum absolute atomic E-state index is 12.1. The standard InChI is InChI=1S/C16H20N2O3/c1-10-7-11(2)15-12(8-10)13(19)9-14(21-15)16(20)17-5-6-18(3)4/h7-9H,5-6H2,1-4H3,(H,17,20). The van der Waals surface area contributed by atoms with Crippen molar-refractivity contribution in [2.24, 2.45) is 0 Å². The van der Waals surface area contributed by atoms with Crippen molar-refractivity contribution in [1.82, 2.24) is 10.2 Å². The predicted molar refractivity (Wildman–Crippen MR) is 82.8 cm³/mol. The molecule has 5 heteroatoms. The van der Waals surface area contributed by atoms with Crippen molar-refractivity contribution in [2.75, 3.05) is 27.2 Å². The third kappa shape index (κ3) is 3.49. The first-order valence-corrected chi connectivity index (χ1v) is 6.86. The average molecular weight is 288 g/mol. The van der Waals surface area contributed by atoms with Crippen molar-refractivity contribution in [3.8, 4) is 0 Å². The smallest absolute Gasteiger partial charge is 0.287 e. The Morgan fingerprint density at radius 1 is 1.24 bits per heavy atom. The normalized spacial score (nSPS) is 11.1. The molecule has 112 valence electrons. The largest absolute Gasteiger partial charge is 0.450 e. The Labute approximate surface area is 123 Å². The van der Waals surface area contributed by atoms with E-state index in [0.29, 0.717) is 17.5 Å². The Kier molecular flexibility index (Phi) is 4.43. The lowest BCUT2D eigenvalue weighted by molar-refractivity contribution is 0.0924. The van der Waals surface area contributed by atoms with E-state index in [-0.39, 0.29) is 17.1 Å². The summed E-state index contributed by atoms with van der Waals surface area (Å²) in [5.41, 5.74) is 2.13. The van der Waals surface area contributed by atoms with E-state index in [1.54, 1.807) is 6.07 Å². The molecule has 2 rings (SSSR count). The predicted octanol–water partition coefficient (Wildman–Crippen LogP) is 1.70. The number of hydrogen-bond donors (Lipinski definition) is 1. The average Bonchev–Trinajstić information content (AvgIpc) is 2.39. The topological polar surface area (TPSA) is 62.6 Å². The van der Waals surface area contributed by atoms with Crippen molar-refractivity contribution in [3.05, 3.63) is 45.3 Å². The van der Waals surface area contributed by atoms with Gasteiger partial charge in [-0.15, -0.1) is 0 Å². The van der Waals surface area contributed by atoms with Crippen LogP contribution in [0, 0.1) is 13.8 Å². The highest BCUT2D eigenvalue weighted by atomic mass is 16.3. The summed E-state index contributed by atoms with van der Waals surface area (Å²) in [4.78, 5) is 26.1. The molecule has 0 aliphatic heterocycles. The number of aryl methyl sites for hydroxylation is 2. The Hall–Kier alpha value is -2.14. The van der Waals surface area contributed by atoms with Crippen LogP contribution in [0.5, 0.6) is 0 Å². The highest BCUT2D eigenvalue weighted by Gasteiger charge is 2.13. The highest BCUT2D eigenvalue weighted by molar-refractivity contribution is 5.93. The van der Waals surface area contributed by atoms with E-state index in [4.69, 9.17) is 4.42 Å². The van der Waals surface area contributed by atoms with E-state index < -0.39 is 0 Å². The number of nitrogens with zero attached hydrogens (tertiary/aromatic N) is 1. The number of benzene rings is 1. The molecule has 1 heterocycles. The molecule has 2 aromatic rings. The summed E-state index contributed by atoms with van der Waals surface area (Å²) in [6.07, 6.45) is 0. The molecule has 0 radical (unpaired) electrons. The molecular formula is C16H20N2O3. The molecule has 5 nitrogen and oxygen atoms in total. The third-order valence-electron chi connectivity index (χ3n) is 3.23. The molecule has 0 bridgehead atoms. The Bertz CT molecular complexity index is 732. The van der Waals surface area contributed by atoms with E-state index >= 15 is 0 Å². The lowest BCUT2D eigenvalue weighted by Crippen LogP contribution is -2.31. The van der Waals surface area contributed by atoms with Gasteiger partial charge in [-0.2, -0.15) is 0 Å². The van der Waals surface area contributed by atoms with Crippen LogP contribution in [0.1, 0.15) is 21.7 Å². The first kappa shape index (κ1) is 15.3. The van der Waals surface area contributed by atoms with Gasteiger partial charge in [0.05, 0.1) is 5.39 Å². The number of amides is 1. The van der Waals surface area contributed by atoms with Crippen molar-refractivity contribution in [3.63, 3.8) is 0 Å². The molecule has 21 heavy (non-hydrogen) atoms. The number of fused-ring (bicyclic) bond motifs is 1. The molecule has 1 aromatic carbocycles. The van der Waals surface area contributed by atoms with Gasteiger partial charge in [-0.05, 0) is 45.1 Å². The first-order valence-electron chi connectivity index (χ1n) is 6.86. The van der Waals surface area contributed by atoms with Crippen LogP contribution >= 0.6 is 0 Å². The van der Waals surface area contributed by atoms with Crippen LogP contribution in [0.25, 0.3) is 11.0 Å².